The molecule has 1 aliphatic rings. The van der Waals surface area contributed by atoms with E-state index in [1.165, 1.54) is 59.4 Å². The predicted molar refractivity (Wildman–Crippen MR) is 133 cm³/mol. The fraction of sp³-hybridized carbons (Fsp3) is 0.0769. The van der Waals surface area contributed by atoms with Gasteiger partial charge in [-0.25, -0.2) is 0 Å². The van der Waals surface area contributed by atoms with E-state index in [0.717, 1.165) is 0 Å². The van der Waals surface area contributed by atoms with Crippen molar-refractivity contribution in [3.8, 4) is 11.1 Å². The average Bonchev–Trinajstić information content (AvgIpc) is 3.47. The lowest BCUT2D eigenvalue weighted by Gasteiger charge is -2.19. The van der Waals surface area contributed by atoms with Crippen molar-refractivity contribution in [2.75, 3.05) is 0 Å². The minimum absolute atomic E-state index is 1.24. The molecule has 30 heavy (non-hydrogen) atoms. The summed E-state index contributed by atoms with van der Waals surface area (Å²) in [4.78, 5) is 5.08. The number of hydrogen-bond acceptors (Lipinski definition) is 1. The van der Waals surface area contributed by atoms with E-state index >= 15 is 0 Å². The maximum Gasteiger partial charge on any atom is 0.134 e. The molecule has 0 amide bonds. The minimum Gasteiger partial charge on any atom is -0.354 e. The molecule has 2 nitrogen and oxygen atoms in total. The topological polar surface area (TPSA) is 20.2 Å². The average molecular weight is 419 g/mol. The Kier molecular flexibility index (Phi) is 2.51. The number of rotatable bonds is 0. The van der Waals surface area contributed by atoms with Gasteiger partial charge < -0.3 is 9.38 Å². The normalized spacial score (nSPS) is 15.3. The van der Waals surface area contributed by atoms with Crippen LogP contribution in [-0.4, -0.2) is 17.5 Å². The summed E-state index contributed by atoms with van der Waals surface area (Å²) in [6.07, 6.45) is 0. The van der Waals surface area contributed by atoms with Crippen LogP contribution < -0.4 is 10.5 Å². The zero-order valence-electron chi connectivity index (χ0n) is 16.7. The number of thiophene rings is 1. The van der Waals surface area contributed by atoms with Gasteiger partial charge in [0.25, 0.3) is 0 Å². The maximum atomic E-state index is 3.70. The largest absolute Gasteiger partial charge is 0.354 e. The minimum atomic E-state index is -1.84. The van der Waals surface area contributed by atoms with Crippen molar-refractivity contribution in [3.05, 3.63) is 66.0 Å². The van der Waals surface area contributed by atoms with E-state index in [2.05, 4.69) is 88.5 Å². The first kappa shape index (κ1) is 15.7. The monoisotopic (exact) mass is 418 g/mol. The number of fused-ring (bicyclic) bond motifs is 8. The van der Waals surface area contributed by atoms with E-state index in [9.17, 15) is 0 Å². The first-order valence-electron chi connectivity index (χ1n) is 10.5. The Morgan fingerprint density at radius 3 is 2.60 bits per heavy atom. The molecular weight excluding hydrogens is 400 g/mol. The molecule has 4 heteroatoms. The van der Waals surface area contributed by atoms with E-state index in [1.807, 2.05) is 11.3 Å². The van der Waals surface area contributed by atoms with Crippen LogP contribution in [-0.2, 0) is 0 Å². The molecule has 1 N–H and O–H groups in total. The zero-order valence-corrected chi connectivity index (χ0v) is 18.5. The summed E-state index contributed by atoms with van der Waals surface area (Å²) in [6, 6.07) is 22.8. The van der Waals surface area contributed by atoms with Crippen LogP contribution >= 0.6 is 11.3 Å². The third kappa shape index (κ3) is 1.52. The number of H-pyrrole nitrogens is 1. The number of nitrogens with zero attached hydrogens (tertiary/aromatic N) is 1. The van der Waals surface area contributed by atoms with Crippen LogP contribution in [0.3, 0.4) is 0 Å². The summed E-state index contributed by atoms with van der Waals surface area (Å²) in [5.41, 5.74) is 6.80. The molecule has 5 heterocycles. The molecule has 0 aliphatic carbocycles. The molecule has 0 saturated heterocycles. The van der Waals surface area contributed by atoms with Crippen molar-refractivity contribution < 1.29 is 0 Å². The van der Waals surface area contributed by atoms with Crippen LogP contribution in [0.25, 0.3) is 59.4 Å². The number of aromatic amines is 1. The van der Waals surface area contributed by atoms with Crippen LogP contribution in [0.5, 0.6) is 0 Å². The van der Waals surface area contributed by atoms with Gasteiger partial charge in [0.2, 0.25) is 0 Å². The van der Waals surface area contributed by atoms with Crippen molar-refractivity contribution >= 4 is 78.2 Å². The molecule has 0 fully saturated rings. The van der Waals surface area contributed by atoms with Gasteiger partial charge in [-0.3, -0.25) is 0 Å². The van der Waals surface area contributed by atoms with Crippen LogP contribution in [0, 0.1) is 0 Å². The molecule has 0 atom stereocenters. The molecule has 142 valence electrons. The van der Waals surface area contributed by atoms with E-state index < -0.39 is 8.07 Å². The Morgan fingerprint density at radius 2 is 1.67 bits per heavy atom. The molecule has 0 saturated carbocycles. The molecule has 0 bridgehead atoms. The highest BCUT2D eigenvalue weighted by Gasteiger charge is 2.42. The van der Waals surface area contributed by atoms with E-state index in [4.69, 9.17) is 0 Å². The number of aromatic nitrogens is 2. The van der Waals surface area contributed by atoms with E-state index in [0.29, 0.717) is 0 Å². The highest BCUT2D eigenvalue weighted by Crippen LogP contribution is 2.45. The lowest BCUT2D eigenvalue weighted by molar-refractivity contribution is 1.36. The van der Waals surface area contributed by atoms with Crippen molar-refractivity contribution in [3.63, 3.8) is 0 Å². The van der Waals surface area contributed by atoms with Crippen molar-refractivity contribution in [1.29, 1.82) is 0 Å². The van der Waals surface area contributed by atoms with Gasteiger partial charge in [0.1, 0.15) is 12.9 Å². The van der Waals surface area contributed by atoms with Gasteiger partial charge >= 0.3 is 0 Å². The van der Waals surface area contributed by atoms with Crippen LogP contribution in [0.1, 0.15) is 0 Å². The highest BCUT2D eigenvalue weighted by molar-refractivity contribution is 7.17. The summed E-state index contributed by atoms with van der Waals surface area (Å²) >= 11 is 1.88. The first-order chi connectivity index (χ1) is 14.7. The van der Waals surface area contributed by atoms with Crippen molar-refractivity contribution in [2.24, 2.45) is 0 Å². The molecule has 0 spiro atoms. The number of nitrogens with one attached hydrogen (secondary N) is 1. The van der Waals surface area contributed by atoms with Gasteiger partial charge in [-0.2, -0.15) is 0 Å². The molecule has 1 aliphatic heterocycles. The molecule has 0 radical (unpaired) electrons. The highest BCUT2D eigenvalue weighted by atomic mass is 32.1. The summed E-state index contributed by atoms with van der Waals surface area (Å²) in [6.45, 7) is 5.05. The fourth-order valence-corrected chi connectivity index (χ4v) is 10.5. The van der Waals surface area contributed by atoms with Crippen LogP contribution in [0.15, 0.2) is 66.0 Å². The van der Waals surface area contributed by atoms with Crippen LogP contribution in [0.4, 0.5) is 0 Å². The first-order valence-corrected chi connectivity index (χ1v) is 14.3. The Morgan fingerprint density at radius 1 is 0.800 bits per heavy atom. The summed E-state index contributed by atoms with van der Waals surface area (Å²) in [5, 5.41) is 12.3. The molecule has 3 aromatic carbocycles. The molecular formula is C26H18N2SSi. The van der Waals surface area contributed by atoms with Gasteiger partial charge in [0.05, 0.1) is 5.52 Å². The standard InChI is InChI=1S/C26H18N2SSi/c1-30(2)20-9-4-3-6-16(20)21-17-10-11-19-23-22-14(7-5-8-18(22)27-19)15-12-13-29-25(15)28(24(17)23)26(21)30/h3-13,27H,1-2H3. The van der Waals surface area contributed by atoms with Gasteiger partial charge in [-0.1, -0.05) is 55.6 Å². The second-order valence-electron chi connectivity index (χ2n) is 9.11. The van der Waals surface area contributed by atoms with Crippen molar-refractivity contribution in [1.82, 2.24) is 9.38 Å². The van der Waals surface area contributed by atoms with Gasteiger partial charge in [0, 0.05) is 43.5 Å². The molecule has 0 unspecified atom stereocenters. The smallest absolute Gasteiger partial charge is 0.134 e. The number of benzene rings is 3. The van der Waals surface area contributed by atoms with E-state index in [1.54, 1.807) is 10.5 Å². The molecule has 4 aromatic heterocycles. The summed E-state index contributed by atoms with van der Waals surface area (Å²) in [7, 11) is -1.84. The van der Waals surface area contributed by atoms with Crippen LogP contribution in [0.2, 0.25) is 13.1 Å². The predicted octanol–water partition coefficient (Wildman–Crippen LogP) is 6.18. The zero-order chi connectivity index (χ0) is 19.8. The molecule has 7 aromatic rings. The van der Waals surface area contributed by atoms with Crippen molar-refractivity contribution in [2.45, 2.75) is 13.1 Å². The Hall–Kier alpha value is -3.08. The second-order valence-corrected chi connectivity index (χ2v) is 14.3. The van der Waals surface area contributed by atoms with E-state index in [-0.39, 0.29) is 0 Å². The Labute approximate surface area is 177 Å². The lowest BCUT2D eigenvalue weighted by Crippen LogP contribution is -2.51. The lowest BCUT2D eigenvalue weighted by atomic mass is 10.0. The maximum absolute atomic E-state index is 3.70. The quantitative estimate of drug-likeness (QED) is 0.284. The number of hydrogen-bond donors (Lipinski definition) is 1. The fourth-order valence-electron chi connectivity index (χ4n) is 6.15. The van der Waals surface area contributed by atoms with Gasteiger partial charge in [-0.05, 0) is 39.7 Å². The van der Waals surface area contributed by atoms with Gasteiger partial charge in [0.15, 0.2) is 0 Å². The summed E-state index contributed by atoms with van der Waals surface area (Å²) < 4.78 is 2.66. The second kappa shape index (κ2) is 4.80. The summed E-state index contributed by atoms with van der Waals surface area (Å²) in [5.74, 6) is 0. The van der Waals surface area contributed by atoms with Gasteiger partial charge in [-0.15, -0.1) is 11.3 Å². The third-order valence-corrected chi connectivity index (χ3v) is 11.7. The Bertz CT molecular complexity index is 1830. The SMILES string of the molecule is C[Si]1(C)c2ccccc2-c2c1n1c3sccc3c3cccc4[nH]c5ccc2c1c5c43. The third-order valence-electron chi connectivity index (χ3n) is 7.31. The molecule has 8 rings (SSSR count). The Balaban J connectivity index is 1.82.